The van der Waals surface area contributed by atoms with E-state index in [2.05, 4.69) is 11.6 Å². The van der Waals surface area contributed by atoms with E-state index in [4.69, 9.17) is 0 Å². The summed E-state index contributed by atoms with van der Waals surface area (Å²) in [6, 6.07) is 22.0. The van der Waals surface area contributed by atoms with Gasteiger partial charge in [-0.1, -0.05) is 61.9 Å². The third-order valence-electron chi connectivity index (χ3n) is 7.08. The van der Waals surface area contributed by atoms with Crippen molar-refractivity contribution in [2.45, 2.75) is 50.7 Å². The topological polar surface area (TPSA) is 89.9 Å². The van der Waals surface area contributed by atoms with E-state index in [1.807, 2.05) is 59.2 Å². The number of aliphatic hydroxyl groups is 1. The molecule has 0 bridgehead atoms. The van der Waals surface area contributed by atoms with Crippen LogP contribution in [0.3, 0.4) is 0 Å². The van der Waals surface area contributed by atoms with Crippen LogP contribution in [-0.2, 0) is 27.7 Å². The van der Waals surface area contributed by atoms with Crippen molar-refractivity contribution in [1.82, 2.24) is 9.80 Å². The molecule has 0 radical (unpaired) electrons. The third-order valence-corrected chi connectivity index (χ3v) is 8.45. The average molecular weight is 536 g/mol. The van der Waals surface area contributed by atoms with Crippen molar-refractivity contribution in [3.63, 3.8) is 0 Å². The van der Waals surface area contributed by atoms with Gasteiger partial charge in [0.1, 0.15) is 6.23 Å². The van der Waals surface area contributed by atoms with Crippen LogP contribution in [0.2, 0.25) is 0 Å². The van der Waals surface area contributed by atoms with Crippen molar-refractivity contribution < 1.29 is 18.3 Å². The lowest BCUT2D eigenvalue weighted by molar-refractivity contribution is -0.134. The van der Waals surface area contributed by atoms with Crippen molar-refractivity contribution in [1.29, 1.82) is 0 Å². The largest absolute Gasteiger partial charge is 0.374 e. The van der Waals surface area contributed by atoms with Gasteiger partial charge in [0.05, 0.1) is 11.3 Å². The van der Waals surface area contributed by atoms with E-state index >= 15 is 0 Å². The number of hydrogen-bond acceptors (Lipinski definition) is 5. The monoisotopic (exact) mass is 535 g/mol. The fraction of sp³-hybridized carbons (Fsp3) is 0.367. The van der Waals surface area contributed by atoms with E-state index in [-0.39, 0.29) is 10.8 Å². The molecule has 2 N–H and O–H groups in total. The predicted octanol–water partition coefficient (Wildman–Crippen LogP) is 4.52. The number of anilines is 1. The van der Waals surface area contributed by atoms with Crippen LogP contribution in [0.15, 0.2) is 77.7 Å². The summed E-state index contributed by atoms with van der Waals surface area (Å²) in [5.74, 6) is 0.0686. The first-order valence-corrected chi connectivity index (χ1v) is 14.7. The Labute approximate surface area is 226 Å². The maximum Gasteiger partial charge on any atom is 0.261 e. The molecule has 1 aliphatic heterocycles. The second kappa shape index (κ2) is 12.6. The Morgan fingerprint density at radius 2 is 1.63 bits per heavy atom. The van der Waals surface area contributed by atoms with Crippen molar-refractivity contribution >= 4 is 21.6 Å². The minimum atomic E-state index is -3.83. The highest BCUT2D eigenvalue weighted by Gasteiger charge is 2.27. The number of nitrogens with one attached hydrogen (secondary N) is 1. The Hall–Kier alpha value is -3.20. The first-order valence-electron chi connectivity index (χ1n) is 13.2. The van der Waals surface area contributed by atoms with Gasteiger partial charge in [0, 0.05) is 31.9 Å². The molecule has 0 aliphatic carbocycles. The van der Waals surface area contributed by atoms with Crippen molar-refractivity contribution in [3.05, 3.63) is 95.1 Å². The average Bonchev–Trinajstić information content (AvgIpc) is 2.93. The van der Waals surface area contributed by atoms with Crippen LogP contribution in [-0.4, -0.2) is 55.4 Å². The first-order chi connectivity index (χ1) is 18.3. The fourth-order valence-corrected chi connectivity index (χ4v) is 5.79. The van der Waals surface area contributed by atoms with E-state index in [1.54, 1.807) is 30.3 Å². The quantitative estimate of drug-likeness (QED) is 0.399. The molecule has 0 saturated carbocycles. The zero-order chi connectivity index (χ0) is 27.1. The Morgan fingerprint density at radius 1 is 0.947 bits per heavy atom. The number of aryl methyl sites for hydroxylation is 2. The van der Waals surface area contributed by atoms with Gasteiger partial charge in [0.25, 0.3) is 10.0 Å². The highest BCUT2D eigenvalue weighted by Crippen LogP contribution is 2.27. The summed E-state index contributed by atoms with van der Waals surface area (Å²) in [6.07, 6.45) is 2.57. The minimum absolute atomic E-state index is 0.0686. The maximum atomic E-state index is 13.1. The molecule has 0 aromatic heterocycles. The smallest absolute Gasteiger partial charge is 0.261 e. The number of benzene rings is 3. The SMILES string of the molecule is CCCCc1ccc(NS(=O)(=O)c2ccc(C)c(C(O)N3CCN(C(=O)Cc4ccccc4)CC3)c2)cc1. The van der Waals surface area contributed by atoms with E-state index < -0.39 is 16.3 Å². The molecule has 4 rings (SSSR count). The molecule has 3 aromatic carbocycles. The first kappa shape index (κ1) is 27.8. The molecule has 3 aromatic rings. The molecular weight excluding hydrogens is 498 g/mol. The van der Waals surface area contributed by atoms with Gasteiger partial charge in [0.15, 0.2) is 0 Å². The maximum absolute atomic E-state index is 13.1. The van der Waals surface area contributed by atoms with E-state index in [0.717, 1.165) is 30.4 Å². The van der Waals surface area contributed by atoms with E-state index in [0.29, 0.717) is 43.9 Å². The van der Waals surface area contributed by atoms with Gasteiger partial charge >= 0.3 is 0 Å². The summed E-state index contributed by atoms with van der Waals surface area (Å²) in [7, 11) is -3.83. The number of piperazine rings is 1. The number of rotatable bonds is 10. The summed E-state index contributed by atoms with van der Waals surface area (Å²) in [5, 5.41) is 11.2. The zero-order valence-corrected chi connectivity index (χ0v) is 23.0. The Kier molecular flexibility index (Phi) is 9.20. The molecule has 1 heterocycles. The minimum Gasteiger partial charge on any atom is -0.374 e. The molecule has 202 valence electrons. The number of hydrogen-bond donors (Lipinski definition) is 2. The fourth-order valence-electron chi connectivity index (χ4n) is 4.69. The molecule has 7 nitrogen and oxygen atoms in total. The lowest BCUT2D eigenvalue weighted by Gasteiger charge is -2.37. The van der Waals surface area contributed by atoms with Crippen LogP contribution in [0, 0.1) is 6.92 Å². The number of carbonyl (C=O) groups is 1. The Morgan fingerprint density at radius 3 is 2.29 bits per heavy atom. The van der Waals surface area contributed by atoms with Crippen LogP contribution in [0.25, 0.3) is 0 Å². The molecule has 8 heteroatoms. The number of nitrogens with zero attached hydrogens (tertiary/aromatic N) is 2. The second-order valence-electron chi connectivity index (χ2n) is 9.88. The van der Waals surface area contributed by atoms with E-state index in [9.17, 15) is 18.3 Å². The predicted molar refractivity (Wildman–Crippen MR) is 150 cm³/mol. The molecule has 1 aliphatic rings. The number of unbranched alkanes of at least 4 members (excludes halogenated alkanes) is 1. The summed E-state index contributed by atoms with van der Waals surface area (Å²) in [5.41, 5.74) is 4.02. The van der Waals surface area contributed by atoms with Crippen LogP contribution >= 0.6 is 0 Å². The van der Waals surface area contributed by atoms with Crippen molar-refractivity contribution in [2.24, 2.45) is 0 Å². The van der Waals surface area contributed by atoms with E-state index in [1.165, 1.54) is 5.56 Å². The van der Waals surface area contributed by atoms with Gasteiger partial charge in [0.2, 0.25) is 5.91 Å². The lowest BCUT2D eigenvalue weighted by atomic mass is 10.1. The molecule has 1 unspecified atom stereocenters. The molecule has 1 saturated heterocycles. The molecule has 38 heavy (non-hydrogen) atoms. The van der Waals surface area contributed by atoms with Crippen LogP contribution in [0.4, 0.5) is 5.69 Å². The summed E-state index contributed by atoms with van der Waals surface area (Å²) >= 11 is 0. The number of carbonyl (C=O) groups excluding carboxylic acids is 1. The molecule has 1 amide bonds. The lowest BCUT2D eigenvalue weighted by Crippen LogP contribution is -2.50. The highest BCUT2D eigenvalue weighted by molar-refractivity contribution is 7.92. The molecule has 1 fully saturated rings. The summed E-state index contributed by atoms with van der Waals surface area (Å²) < 4.78 is 28.9. The second-order valence-corrected chi connectivity index (χ2v) is 11.6. The summed E-state index contributed by atoms with van der Waals surface area (Å²) in [4.78, 5) is 16.5. The molecule has 1 atom stereocenters. The van der Waals surface area contributed by atoms with Gasteiger partial charge < -0.3 is 10.0 Å². The zero-order valence-electron chi connectivity index (χ0n) is 22.1. The van der Waals surface area contributed by atoms with Crippen molar-refractivity contribution in [2.75, 3.05) is 30.9 Å². The van der Waals surface area contributed by atoms with Crippen LogP contribution in [0.1, 0.15) is 48.2 Å². The highest BCUT2D eigenvalue weighted by atomic mass is 32.2. The van der Waals surface area contributed by atoms with Crippen LogP contribution < -0.4 is 4.72 Å². The standard InChI is InChI=1S/C30H37N3O4S/c1-3-4-8-24-12-14-26(15-13-24)31-38(36,37)27-16-11-23(2)28(22-27)30(35)33-19-17-32(18-20-33)29(34)21-25-9-6-5-7-10-25/h5-7,9-16,22,30-31,35H,3-4,8,17-21H2,1-2H3. The Bertz CT molecular complexity index is 1320. The van der Waals surface area contributed by atoms with Gasteiger partial charge in [-0.2, -0.15) is 0 Å². The third kappa shape index (κ3) is 7.01. The van der Waals surface area contributed by atoms with Crippen molar-refractivity contribution in [3.8, 4) is 0 Å². The number of amides is 1. The summed E-state index contributed by atoms with van der Waals surface area (Å²) in [6.45, 7) is 6.02. The number of sulfonamides is 1. The molecular formula is C30H37N3O4S. The van der Waals surface area contributed by atoms with Gasteiger partial charge in [-0.15, -0.1) is 0 Å². The van der Waals surface area contributed by atoms with Gasteiger partial charge in [-0.25, -0.2) is 8.42 Å². The van der Waals surface area contributed by atoms with Gasteiger partial charge in [-0.3, -0.25) is 14.4 Å². The van der Waals surface area contributed by atoms with Gasteiger partial charge in [-0.05, 0) is 66.3 Å². The Balaban J connectivity index is 1.40. The van der Waals surface area contributed by atoms with Crippen LogP contribution in [0.5, 0.6) is 0 Å². The molecule has 0 spiro atoms. The normalized spacial score (nSPS) is 15.3. The number of aliphatic hydroxyl groups excluding tert-OH is 1.